The Hall–Kier alpha value is -4.00. The maximum atomic E-state index is 12.8. The number of amides is 1. The standard InChI is InChI=1S/C25H23N5O2/c1-16-8-7-12-20(22(16)25(26)32)30-21(31)14-13-18(27-30)23-19-11-5-6-15-29(19)28-24(23)17-9-3-2-4-10-17/h2-6,9-11,13-16H,7-8,12H2,1H3,(H2,26,32). The lowest BCUT2D eigenvalue weighted by atomic mass is 9.86. The molecule has 0 spiro atoms. The molecule has 0 aliphatic heterocycles. The smallest absolute Gasteiger partial charge is 0.271 e. The van der Waals surface area contributed by atoms with Crippen molar-refractivity contribution in [2.45, 2.75) is 26.2 Å². The van der Waals surface area contributed by atoms with Gasteiger partial charge in [0.25, 0.3) is 5.56 Å². The molecule has 7 heteroatoms. The molecule has 1 aliphatic rings. The van der Waals surface area contributed by atoms with E-state index in [1.54, 1.807) is 6.07 Å². The zero-order valence-corrected chi connectivity index (χ0v) is 17.7. The topological polar surface area (TPSA) is 95.3 Å². The van der Waals surface area contributed by atoms with E-state index >= 15 is 0 Å². The molecule has 3 aromatic heterocycles. The zero-order chi connectivity index (χ0) is 22.2. The van der Waals surface area contributed by atoms with Gasteiger partial charge in [-0.15, -0.1) is 0 Å². The number of rotatable bonds is 4. The van der Waals surface area contributed by atoms with Crippen molar-refractivity contribution in [2.75, 3.05) is 0 Å². The predicted octanol–water partition coefficient (Wildman–Crippen LogP) is 3.74. The number of hydrogen-bond donors (Lipinski definition) is 1. The fraction of sp³-hybridized carbons (Fsp3) is 0.200. The lowest BCUT2D eigenvalue weighted by Gasteiger charge is -2.24. The summed E-state index contributed by atoms with van der Waals surface area (Å²) in [7, 11) is 0. The van der Waals surface area contributed by atoms with E-state index in [0.717, 1.165) is 35.2 Å². The molecule has 1 unspecified atom stereocenters. The lowest BCUT2D eigenvalue weighted by Crippen LogP contribution is -2.30. The van der Waals surface area contributed by atoms with E-state index in [4.69, 9.17) is 15.9 Å². The molecule has 0 bridgehead atoms. The van der Waals surface area contributed by atoms with Crippen molar-refractivity contribution < 1.29 is 4.79 Å². The van der Waals surface area contributed by atoms with Crippen LogP contribution in [-0.2, 0) is 4.79 Å². The molecule has 5 rings (SSSR count). The number of pyridine rings is 1. The Balaban J connectivity index is 1.77. The number of primary amides is 1. The van der Waals surface area contributed by atoms with Gasteiger partial charge in [0.15, 0.2) is 0 Å². The van der Waals surface area contributed by atoms with Gasteiger partial charge in [-0.2, -0.15) is 10.2 Å². The van der Waals surface area contributed by atoms with Gasteiger partial charge in [-0.3, -0.25) is 9.59 Å². The molecule has 1 aliphatic carbocycles. The van der Waals surface area contributed by atoms with Crippen molar-refractivity contribution in [3.8, 4) is 22.5 Å². The van der Waals surface area contributed by atoms with Crippen molar-refractivity contribution in [3.05, 3.63) is 82.8 Å². The van der Waals surface area contributed by atoms with Crippen molar-refractivity contribution in [1.82, 2.24) is 19.4 Å². The number of aromatic nitrogens is 4. The van der Waals surface area contributed by atoms with Crippen molar-refractivity contribution >= 4 is 17.1 Å². The van der Waals surface area contributed by atoms with Gasteiger partial charge in [-0.05, 0) is 43.4 Å². The second kappa shape index (κ2) is 7.92. The average Bonchev–Trinajstić information content (AvgIpc) is 3.19. The minimum atomic E-state index is -0.493. The third-order valence-electron chi connectivity index (χ3n) is 6.02. The van der Waals surface area contributed by atoms with Gasteiger partial charge in [0.2, 0.25) is 5.91 Å². The van der Waals surface area contributed by atoms with Crippen LogP contribution in [0.2, 0.25) is 0 Å². The van der Waals surface area contributed by atoms with Gasteiger partial charge in [0.05, 0.1) is 22.5 Å². The molecule has 4 aromatic rings. The van der Waals surface area contributed by atoms with E-state index in [9.17, 15) is 9.59 Å². The van der Waals surface area contributed by atoms with E-state index < -0.39 is 5.91 Å². The highest BCUT2D eigenvalue weighted by Gasteiger charge is 2.26. The van der Waals surface area contributed by atoms with Gasteiger partial charge >= 0.3 is 0 Å². The molecule has 1 atom stereocenters. The molecule has 0 saturated heterocycles. The molecule has 1 aromatic carbocycles. The summed E-state index contributed by atoms with van der Waals surface area (Å²) in [6.45, 7) is 1.97. The summed E-state index contributed by atoms with van der Waals surface area (Å²) in [4.78, 5) is 25.0. The second-order valence-corrected chi connectivity index (χ2v) is 8.11. The SMILES string of the molecule is CC1CCCC(n2nc(-c3c(-c4ccccc4)nn4ccccc34)ccc2=O)=C1C(N)=O. The highest BCUT2D eigenvalue weighted by Crippen LogP contribution is 2.35. The molecule has 0 saturated carbocycles. The molecule has 160 valence electrons. The Morgan fingerprint density at radius 2 is 1.81 bits per heavy atom. The number of nitrogens with two attached hydrogens (primary N) is 1. The third-order valence-corrected chi connectivity index (χ3v) is 6.02. The highest BCUT2D eigenvalue weighted by molar-refractivity contribution is 5.98. The summed E-state index contributed by atoms with van der Waals surface area (Å²) >= 11 is 0. The fourth-order valence-corrected chi connectivity index (χ4v) is 4.53. The van der Waals surface area contributed by atoms with Crippen molar-refractivity contribution in [3.63, 3.8) is 0 Å². The number of nitrogens with zero attached hydrogens (tertiary/aromatic N) is 4. The molecular weight excluding hydrogens is 402 g/mol. The summed E-state index contributed by atoms with van der Waals surface area (Å²) in [6, 6.07) is 18.9. The maximum Gasteiger partial charge on any atom is 0.271 e. The first kappa shape index (κ1) is 19.9. The van der Waals surface area contributed by atoms with Crippen LogP contribution in [0.4, 0.5) is 0 Å². The second-order valence-electron chi connectivity index (χ2n) is 8.11. The Labute approximate surface area is 184 Å². The van der Waals surface area contributed by atoms with E-state index in [2.05, 4.69) is 0 Å². The Morgan fingerprint density at radius 3 is 2.59 bits per heavy atom. The van der Waals surface area contributed by atoms with E-state index in [1.165, 1.54) is 10.7 Å². The predicted molar refractivity (Wildman–Crippen MR) is 124 cm³/mol. The van der Waals surface area contributed by atoms with Gasteiger partial charge in [-0.25, -0.2) is 9.20 Å². The van der Waals surface area contributed by atoms with E-state index in [-0.39, 0.29) is 11.5 Å². The van der Waals surface area contributed by atoms with Crippen LogP contribution < -0.4 is 11.3 Å². The monoisotopic (exact) mass is 425 g/mol. The highest BCUT2D eigenvalue weighted by atomic mass is 16.1. The summed E-state index contributed by atoms with van der Waals surface area (Å²) in [6.07, 6.45) is 4.21. The zero-order valence-electron chi connectivity index (χ0n) is 17.7. The molecule has 7 nitrogen and oxygen atoms in total. The maximum absolute atomic E-state index is 12.8. The Bertz CT molecular complexity index is 1420. The molecule has 1 amide bonds. The number of benzene rings is 1. The average molecular weight is 425 g/mol. The quantitative estimate of drug-likeness (QED) is 0.539. The molecular formula is C25H23N5O2. The van der Waals surface area contributed by atoms with Crippen LogP contribution in [0, 0.1) is 5.92 Å². The normalized spacial score (nSPS) is 16.5. The van der Waals surface area contributed by atoms with E-state index in [1.807, 2.05) is 66.2 Å². The van der Waals surface area contributed by atoms with Crippen molar-refractivity contribution in [2.24, 2.45) is 11.7 Å². The summed E-state index contributed by atoms with van der Waals surface area (Å²) in [5.41, 5.74) is 10.5. The van der Waals surface area contributed by atoms with Gasteiger partial charge in [-0.1, -0.05) is 43.3 Å². The summed E-state index contributed by atoms with van der Waals surface area (Å²) in [5.74, 6) is -0.502. The minimum absolute atomic E-state index is 0.00883. The number of carbonyl (C=O) groups is 1. The van der Waals surface area contributed by atoms with Crippen LogP contribution in [0.5, 0.6) is 0 Å². The summed E-state index contributed by atoms with van der Waals surface area (Å²) in [5, 5.41) is 9.51. The first-order chi connectivity index (χ1) is 15.5. The molecule has 0 fully saturated rings. The summed E-state index contributed by atoms with van der Waals surface area (Å²) < 4.78 is 3.16. The van der Waals surface area contributed by atoms with Gasteiger partial charge in [0.1, 0.15) is 5.69 Å². The number of fused-ring (bicyclic) bond motifs is 1. The van der Waals surface area contributed by atoms with Crippen LogP contribution in [0.3, 0.4) is 0 Å². The van der Waals surface area contributed by atoms with Crippen LogP contribution in [0.25, 0.3) is 33.7 Å². The first-order valence-electron chi connectivity index (χ1n) is 10.7. The van der Waals surface area contributed by atoms with Gasteiger partial charge < -0.3 is 5.73 Å². The van der Waals surface area contributed by atoms with Crippen LogP contribution in [0.15, 0.2) is 77.2 Å². The van der Waals surface area contributed by atoms with Crippen LogP contribution in [0.1, 0.15) is 26.2 Å². The van der Waals surface area contributed by atoms with Gasteiger partial charge in [0, 0.05) is 23.4 Å². The van der Waals surface area contributed by atoms with Crippen LogP contribution >= 0.6 is 0 Å². The van der Waals surface area contributed by atoms with Crippen LogP contribution in [-0.4, -0.2) is 25.3 Å². The molecule has 3 heterocycles. The minimum Gasteiger partial charge on any atom is -0.366 e. The lowest BCUT2D eigenvalue weighted by molar-refractivity contribution is -0.115. The fourth-order valence-electron chi connectivity index (χ4n) is 4.53. The molecule has 32 heavy (non-hydrogen) atoms. The number of allylic oxidation sites excluding steroid dienone is 1. The number of hydrogen-bond acceptors (Lipinski definition) is 4. The largest absolute Gasteiger partial charge is 0.366 e. The Kier molecular flexibility index (Phi) is 4.93. The first-order valence-corrected chi connectivity index (χ1v) is 10.7. The third kappa shape index (κ3) is 3.32. The molecule has 0 radical (unpaired) electrons. The number of carbonyl (C=O) groups excluding carboxylic acids is 1. The van der Waals surface area contributed by atoms with Crippen molar-refractivity contribution in [1.29, 1.82) is 0 Å². The Morgan fingerprint density at radius 1 is 1.03 bits per heavy atom. The van der Waals surface area contributed by atoms with E-state index in [0.29, 0.717) is 23.4 Å². The molecule has 2 N–H and O–H groups in total.